The summed E-state index contributed by atoms with van der Waals surface area (Å²) in [4.78, 5) is 0. The van der Waals surface area contributed by atoms with Crippen LogP contribution in [0.1, 0.15) is 5.56 Å². The average Bonchev–Trinajstić information content (AvgIpc) is 2.18. The van der Waals surface area contributed by atoms with Gasteiger partial charge in [0.15, 0.2) is 0 Å². The molecule has 0 aliphatic heterocycles. The van der Waals surface area contributed by atoms with E-state index in [0.29, 0.717) is 0 Å². The van der Waals surface area contributed by atoms with Crippen molar-refractivity contribution in [1.82, 2.24) is 0 Å². The minimum absolute atomic E-state index is 0.281. The van der Waals surface area contributed by atoms with E-state index in [9.17, 15) is 0 Å². The van der Waals surface area contributed by atoms with Gasteiger partial charge in [-0.3, -0.25) is 0 Å². The second kappa shape index (κ2) is 7.85. The summed E-state index contributed by atoms with van der Waals surface area (Å²) in [7, 11) is 6.16. The molecule has 0 atom stereocenters. The average molecular weight is 275 g/mol. The van der Waals surface area contributed by atoms with Crippen LogP contribution in [0.5, 0.6) is 0 Å². The van der Waals surface area contributed by atoms with Crippen molar-refractivity contribution in [2.75, 3.05) is 34.3 Å². The monoisotopic (exact) mass is 274 g/mol. The number of hydrogen-bond acceptors (Lipinski definition) is 1. The summed E-state index contributed by atoms with van der Waals surface area (Å²) in [6.07, 6.45) is 0. The van der Waals surface area contributed by atoms with Crippen molar-refractivity contribution < 1.29 is 9.59 Å². The molecule has 2 nitrogen and oxygen atoms in total. The lowest BCUT2D eigenvalue weighted by molar-refractivity contribution is -0.870. The lowest BCUT2D eigenvalue weighted by Crippen LogP contribution is -2.36. The number of benzene rings is 1. The molecule has 0 saturated heterocycles. The van der Waals surface area contributed by atoms with Crippen LogP contribution in [0.25, 0.3) is 0 Å². The van der Waals surface area contributed by atoms with E-state index in [2.05, 4.69) is 49.2 Å². The van der Waals surface area contributed by atoms with Crippen molar-refractivity contribution in [3.8, 4) is 0 Å². The fraction of sp³-hybridized carbons (Fsp3) is 0.500. The quantitative estimate of drug-likeness (QED) is 0.662. The molecule has 86 valence electrons. The lowest BCUT2D eigenvalue weighted by Gasteiger charge is -2.21. The molecule has 0 unspecified atom stereocenters. The summed E-state index contributed by atoms with van der Waals surface area (Å²) in [6, 6.07) is 10.3. The molecule has 1 aromatic carbocycles. The van der Waals surface area contributed by atoms with Gasteiger partial charge in [-0.1, -0.05) is 46.3 Å². The van der Waals surface area contributed by atoms with E-state index in [-0.39, 0.29) is 6.61 Å². The highest BCUT2D eigenvalue weighted by Gasteiger charge is 2.02. The Kier molecular flexibility index (Phi) is 7.65. The van der Waals surface area contributed by atoms with Gasteiger partial charge in [-0.05, 0) is 5.56 Å². The van der Waals surface area contributed by atoms with Gasteiger partial charge in [0, 0.05) is 5.33 Å². The molecule has 1 aromatic rings. The van der Waals surface area contributed by atoms with Crippen LogP contribution in [0.3, 0.4) is 0 Å². The molecule has 15 heavy (non-hydrogen) atoms. The summed E-state index contributed by atoms with van der Waals surface area (Å²) in [5.74, 6) is 0. The fourth-order valence-corrected chi connectivity index (χ4v) is 1.24. The largest absolute Gasteiger partial charge is 0.391 e. The van der Waals surface area contributed by atoms with Crippen molar-refractivity contribution in [1.29, 1.82) is 0 Å². The fourth-order valence-electron chi connectivity index (χ4n) is 0.867. The number of hydrogen-bond donors (Lipinski definition) is 1. The summed E-state index contributed by atoms with van der Waals surface area (Å²) < 4.78 is 0.844. The Morgan fingerprint density at radius 3 is 1.87 bits per heavy atom. The Morgan fingerprint density at radius 2 is 1.67 bits per heavy atom. The molecule has 0 aliphatic rings. The second-order valence-electron chi connectivity index (χ2n) is 4.36. The van der Waals surface area contributed by atoms with Gasteiger partial charge in [0.1, 0.15) is 6.54 Å². The van der Waals surface area contributed by atoms with Crippen LogP contribution in [0.2, 0.25) is 0 Å². The Hall–Kier alpha value is -0.380. The first-order valence-electron chi connectivity index (χ1n) is 5.01. The Bertz CT molecular complexity index is 244. The normalized spacial score (nSPS) is 10.5. The summed E-state index contributed by atoms with van der Waals surface area (Å²) >= 11 is 3.36. The Balaban J connectivity index is 0.000000265. The maximum Gasteiger partial charge on any atom is 0.101 e. The topological polar surface area (TPSA) is 20.2 Å². The number of likely N-dealkylation sites (N-methyl/N-ethyl adjacent to an activating group) is 1. The van der Waals surface area contributed by atoms with E-state index in [0.717, 1.165) is 16.4 Å². The molecule has 0 radical (unpaired) electrons. The van der Waals surface area contributed by atoms with Gasteiger partial charge in [0.25, 0.3) is 0 Å². The SMILES string of the molecule is BrCc1ccccc1.C[N+](C)(C)CCO. The number of aliphatic hydroxyl groups is 1. The minimum Gasteiger partial charge on any atom is -0.391 e. The Morgan fingerprint density at radius 1 is 1.13 bits per heavy atom. The third-order valence-corrected chi connectivity index (χ3v) is 2.42. The number of alkyl halides is 1. The summed E-state index contributed by atoms with van der Waals surface area (Å²) in [5.41, 5.74) is 1.33. The summed E-state index contributed by atoms with van der Waals surface area (Å²) in [6.45, 7) is 1.11. The predicted molar refractivity (Wildman–Crippen MR) is 69.1 cm³/mol. The number of halogens is 1. The zero-order chi connectivity index (χ0) is 11.7. The van der Waals surface area contributed by atoms with Gasteiger partial charge < -0.3 is 9.59 Å². The van der Waals surface area contributed by atoms with Crippen molar-refractivity contribution >= 4 is 15.9 Å². The third-order valence-electron chi connectivity index (χ3n) is 1.77. The molecule has 0 spiro atoms. The van der Waals surface area contributed by atoms with Gasteiger partial charge in [-0.15, -0.1) is 0 Å². The highest BCUT2D eigenvalue weighted by Crippen LogP contribution is 2.02. The van der Waals surface area contributed by atoms with Gasteiger partial charge in [0.2, 0.25) is 0 Å². The minimum atomic E-state index is 0.281. The molecule has 1 rings (SSSR count). The van der Waals surface area contributed by atoms with Crippen LogP contribution in [-0.4, -0.2) is 43.9 Å². The smallest absolute Gasteiger partial charge is 0.101 e. The molecule has 0 bridgehead atoms. The van der Waals surface area contributed by atoms with Crippen LogP contribution < -0.4 is 0 Å². The van der Waals surface area contributed by atoms with Gasteiger partial charge >= 0.3 is 0 Å². The van der Waals surface area contributed by atoms with Gasteiger partial charge in [-0.2, -0.15) is 0 Å². The van der Waals surface area contributed by atoms with Crippen LogP contribution in [-0.2, 0) is 5.33 Å². The molecular weight excluding hydrogens is 254 g/mol. The highest BCUT2D eigenvalue weighted by atomic mass is 79.9. The van der Waals surface area contributed by atoms with Crippen LogP contribution in [0.15, 0.2) is 30.3 Å². The van der Waals surface area contributed by atoms with Crippen molar-refractivity contribution in [2.45, 2.75) is 5.33 Å². The van der Waals surface area contributed by atoms with E-state index < -0.39 is 0 Å². The van der Waals surface area contributed by atoms with E-state index in [1.54, 1.807) is 0 Å². The van der Waals surface area contributed by atoms with Crippen molar-refractivity contribution in [2.24, 2.45) is 0 Å². The van der Waals surface area contributed by atoms with E-state index >= 15 is 0 Å². The molecule has 3 heteroatoms. The molecule has 0 amide bonds. The third kappa shape index (κ3) is 9.91. The van der Waals surface area contributed by atoms with E-state index in [1.807, 2.05) is 18.2 Å². The number of rotatable bonds is 3. The first kappa shape index (κ1) is 14.6. The van der Waals surface area contributed by atoms with E-state index in [1.165, 1.54) is 5.56 Å². The highest BCUT2D eigenvalue weighted by molar-refractivity contribution is 9.08. The molecule has 1 N–H and O–H groups in total. The maximum atomic E-state index is 8.39. The zero-order valence-corrected chi connectivity index (χ0v) is 11.4. The number of aliphatic hydroxyl groups excluding tert-OH is 1. The molecule has 0 saturated carbocycles. The first-order chi connectivity index (χ1) is 6.99. The van der Waals surface area contributed by atoms with Crippen LogP contribution in [0, 0.1) is 0 Å². The molecular formula is C12H21BrNO+. The lowest BCUT2D eigenvalue weighted by atomic mass is 10.2. The standard InChI is InChI=1S/C7H7Br.C5H14NO/c8-6-7-4-2-1-3-5-7;1-6(2,3)4-5-7/h1-5H,6H2;7H,4-5H2,1-3H3/q;+1. The summed E-state index contributed by atoms with van der Waals surface area (Å²) in [5, 5.41) is 9.34. The zero-order valence-electron chi connectivity index (χ0n) is 9.78. The molecule has 0 heterocycles. The predicted octanol–water partition coefficient (Wildman–Crippen LogP) is 2.27. The van der Waals surface area contributed by atoms with Gasteiger partial charge in [-0.25, -0.2) is 0 Å². The second-order valence-corrected chi connectivity index (χ2v) is 4.92. The molecule has 0 aliphatic carbocycles. The van der Waals surface area contributed by atoms with E-state index in [4.69, 9.17) is 5.11 Å². The van der Waals surface area contributed by atoms with Crippen LogP contribution in [0.4, 0.5) is 0 Å². The van der Waals surface area contributed by atoms with Crippen LogP contribution >= 0.6 is 15.9 Å². The maximum absolute atomic E-state index is 8.39. The number of nitrogens with zero attached hydrogens (tertiary/aromatic N) is 1. The Labute approximate surface area is 101 Å². The first-order valence-corrected chi connectivity index (χ1v) is 6.13. The van der Waals surface area contributed by atoms with Crippen molar-refractivity contribution in [3.05, 3.63) is 35.9 Å². The molecule has 0 fully saturated rings. The van der Waals surface area contributed by atoms with Crippen molar-refractivity contribution in [3.63, 3.8) is 0 Å². The number of quaternary nitrogens is 1. The molecule has 0 aromatic heterocycles. The van der Waals surface area contributed by atoms with Gasteiger partial charge in [0.05, 0.1) is 27.7 Å².